The van der Waals surface area contributed by atoms with Crippen molar-refractivity contribution in [3.05, 3.63) is 48.3 Å². The minimum atomic E-state index is -1.16. The predicted octanol–water partition coefficient (Wildman–Crippen LogP) is 3.20. The second-order valence-electron chi connectivity index (χ2n) is 6.07. The Kier molecular flexibility index (Phi) is 4.79. The van der Waals surface area contributed by atoms with Gasteiger partial charge in [0.15, 0.2) is 0 Å². The molecule has 2 aromatic carbocycles. The van der Waals surface area contributed by atoms with Crippen molar-refractivity contribution in [2.45, 2.75) is 12.8 Å². The molecule has 0 aliphatic heterocycles. The van der Waals surface area contributed by atoms with Gasteiger partial charge in [0.2, 0.25) is 11.8 Å². The summed E-state index contributed by atoms with van der Waals surface area (Å²) in [7, 11) is 3.01. The molecule has 0 atom stereocenters. The van der Waals surface area contributed by atoms with Gasteiger partial charge in [-0.25, -0.2) is 4.39 Å². The van der Waals surface area contributed by atoms with Gasteiger partial charge in [-0.3, -0.25) is 9.59 Å². The quantitative estimate of drug-likeness (QED) is 0.778. The van der Waals surface area contributed by atoms with Crippen molar-refractivity contribution in [1.82, 2.24) is 0 Å². The lowest BCUT2D eigenvalue weighted by molar-refractivity contribution is -0.131. The fraction of sp³-hybridized carbons (Fsp3) is 0.263. The zero-order valence-electron chi connectivity index (χ0n) is 14.5. The number of anilines is 2. The smallest absolute Gasteiger partial charge is 0.240 e. The van der Waals surface area contributed by atoms with Gasteiger partial charge in [-0.2, -0.15) is 0 Å². The van der Waals surface area contributed by atoms with Gasteiger partial charge in [0.1, 0.15) is 22.7 Å². The van der Waals surface area contributed by atoms with E-state index < -0.39 is 23.0 Å². The van der Waals surface area contributed by atoms with Gasteiger partial charge >= 0.3 is 0 Å². The number of hydrogen-bond acceptors (Lipinski definition) is 4. The third-order valence-electron chi connectivity index (χ3n) is 4.36. The Labute approximate surface area is 150 Å². The van der Waals surface area contributed by atoms with Crippen molar-refractivity contribution in [1.29, 1.82) is 0 Å². The zero-order chi connectivity index (χ0) is 18.7. The molecule has 2 N–H and O–H groups in total. The Morgan fingerprint density at radius 2 is 1.73 bits per heavy atom. The van der Waals surface area contributed by atoms with Crippen molar-refractivity contribution in [2.24, 2.45) is 5.41 Å². The number of rotatable bonds is 6. The maximum atomic E-state index is 13.3. The van der Waals surface area contributed by atoms with Gasteiger partial charge in [-0.15, -0.1) is 0 Å². The number of benzene rings is 2. The molecular weight excluding hydrogens is 339 g/mol. The summed E-state index contributed by atoms with van der Waals surface area (Å²) in [6.07, 6.45) is 0.858. The highest BCUT2D eigenvalue weighted by atomic mass is 19.1. The Hall–Kier alpha value is -3.09. The van der Waals surface area contributed by atoms with Crippen LogP contribution in [0.25, 0.3) is 0 Å². The van der Waals surface area contributed by atoms with E-state index >= 15 is 0 Å². The van der Waals surface area contributed by atoms with Crippen LogP contribution in [0.1, 0.15) is 12.8 Å². The first-order chi connectivity index (χ1) is 12.5. The highest BCUT2D eigenvalue weighted by Crippen LogP contribution is 2.48. The summed E-state index contributed by atoms with van der Waals surface area (Å²) in [6.45, 7) is 0. The third kappa shape index (κ3) is 3.46. The molecule has 136 valence electrons. The van der Waals surface area contributed by atoms with E-state index in [9.17, 15) is 14.0 Å². The van der Waals surface area contributed by atoms with E-state index in [-0.39, 0.29) is 0 Å². The normalized spacial score (nSPS) is 14.3. The fourth-order valence-corrected chi connectivity index (χ4v) is 2.64. The molecule has 0 heterocycles. The first-order valence-electron chi connectivity index (χ1n) is 8.09. The van der Waals surface area contributed by atoms with Crippen LogP contribution >= 0.6 is 0 Å². The number of methoxy groups -OCH3 is 2. The lowest BCUT2D eigenvalue weighted by Gasteiger charge is -2.17. The number of halogens is 1. The second kappa shape index (κ2) is 7.03. The summed E-state index contributed by atoms with van der Waals surface area (Å²) in [6, 6.07) is 10.5. The van der Waals surface area contributed by atoms with Crippen LogP contribution in [0.15, 0.2) is 42.5 Å². The van der Waals surface area contributed by atoms with Gasteiger partial charge in [0, 0.05) is 11.8 Å². The van der Waals surface area contributed by atoms with Crippen molar-refractivity contribution < 1.29 is 23.5 Å². The SMILES string of the molecule is COc1ccc(NC(=O)C2(C(=O)Nc3cccc(F)c3)CC2)c(OC)c1. The van der Waals surface area contributed by atoms with Gasteiger partial charge in [0.25, 0.3) is 0 Å². The van der Waals surface area contributed by atoms with E-state index in [1.54, 1.807) is 24.3 Å². The molecule has 0 radical (unpaired) electrons. The molecule has 1 fully saturated rings. The Bertz CT molecular complexity index is 849. The van der Waals surface area contributed by atoms with Crippen molar-refractivity contribution in [3.8, 4) is 11.5 Å². The number of nitrogens with one attached hydrogen (secondary N) is 2. The Morgan fingerprint density at radius 3 is 2.35 bits per heavy atom. The summed E-state index contributed by atoms with van der Waals surface area (Å²) in [4.78, 5) is 25.2. The van der Waals surface area contributed by atoms with Gasteiger partial charge < -0.3 is 20.1 Å². The largest absolute Gasteiger partial charge is 0.497 e. The van der Waals surface area contributed by atoms with Crippen molar-refractivity contribution >= 4 is 23.2 Å². The topological polar surface area (TPSA) is 76.7 Å². The number of ether oxygens (including phenoxy) is 2. The summed E-state index contributed by atoms with van der Waals surface area (Å²) in [5.41, 5.74) is -0.392. The highest BCUT2D eigenvalue weighted by Gasteiger charge is 2.56. The maximum Gasteiger partial charge on any atom is 0.240 e. The summed E-state index contributed by atoms with van der Waals surface area (Å²) in [5.74, 6) is -0.313. The van der Waals surface area contributed by atoms with Crippen LogP contribution in [-0.2, 0) is 9.59 Å². The standard InChI is InChI=1S/C19H19FN2O4/c1-25-14-6-7-15(16(11-14)26-2)22-18(24)19(8-9-19)17(23)21-13-5-3-4-12(20)10-13/h3-7,10-11H,8-9H2,1-2H3,(H,21,23)(H,22,24). The average Bonchev–Trinajstić information content (AvgIpc) is 3.44. The minimum absolute atomic E-state index is 0.316. The van der Waals surface area contributed by atoms with Crippen LogP contribution in [0.5, 0.6) is 11.5 Å². The lowest BCUT2D eigenvalue weighted by atomic mass is 10.0. The van der Waals surface area contributed by atoms with E-state index in [4.69, 9.17) is 9.47 Å². The monoisotopic (exact) mass is 358 g/mol. The van der Waals surface area contributed by atoms with Crippen LogP contribution in [-0.4, -0.2) is 26.0 Å². The van der Waals surface area contributed by atoms with Crippen LogP contribution in [0.3, 0.4) is 0 Å². The number of amides is 2. The molecule has 1 saturated carbocycles. The van der Waals surface area contributed by atoms with Crippen LogP contribution in [0, 0.1) is 11.2 Å². The molecule has 0 bridgehead atoms. The van der Waals surface area contributed by atoms with Crippen LogP contribution in [0.2, 0.25) is 0 Å². The molecule has 6 nitrogen and oxygen atoms in total. The zero-order valence-corrected chi connectivity index (χ0v) is 14.5. The summed E-state index contributed by atoms with van der Waals surface area (Å²) in [5, 5.41) is 5.35. The molecule has 2 amide bonds. The molecular formula is C19H19FN2O4. The molecule has 1 aliphatic rings. The number of hydrogen-bond donors (Lipinski definition) is 2. The molecule has 3 rings (SSSR count). The first-order valence-corrected chi connectivity index (χ1v) is 8.09. The van der Waals surface area contributed by atoms with Gasteiger partial charge in [-0.05, 0) is 43.2 Å². The lowest BCUT2D eigenvalue weighted by Crippen LogP contribution is -2.35. The highest BCUT2D eigenvalue weighted by molar-refractivity contribution is 6.17. The van der Waals surface area contributed by atoms with E-state index in [2.05, 4.69) is 10.6 Å². The van der Waals surface area contributed by atoms with Gasteiger partial charge in [0.05, 0.1) is 19.9 Å². The average molecular weight is 358 g/mol. The number of carbonyl (C=O) groups excluding carboxylic acids is 2. The molecule has 0 unspecified atom stereocenters. The molecule has 0 saturated heterocycles. The summed E-state index contributed by atoms with van der Waals surface area (Å²) >= 11 is 0. The van der Waals surface area contributed by atoms with E-state index in [0.717, 1.165) is 0 Å². The number of carbonyl (C=O) groups is 2. The second-order valence-corrected chi connectivity index (χ2v) is 6.07. The fourth-order valence-electron chi connectivity index (χ4n) is 2.64. The summed E-state index contributed by atoms with van der Waals surface area (Å²) < 4.78 is 23.6. The van der Waals surface area contributed by atoms with Crippen molar-refractivity contribution in [3.63, 3.8) is 0 Å². The predicted molar refractivity (Wildman–Crippen MR) is 94.9 cm³/mol. The molecule has 0 aromatic heterocycles. The van der Waals surface area contributed by atoms with E-state index in [0.29, 0.717) is 35.7 Å². The third-order valence-corrected chi connectivity index (χ3v) is 4.36. The molecule has 7 heteroatoms. The molecule has 2 aromatic rings. The Morgan fingerprint density at radius 1 is 1.00 bits per heavy atom. The maximum absolute atomic E-state index is 13.3. The minimum Gasteiger partial charge on any atom is -0.497 e. The molecule has 0 spiro atoms. The first kappa shape index (κ1) is 17.7. The van der Waals surface area contributed by atoms with E-state index in [1.165, 1.54) is 32.4 Å². The molecule has 26 heavy (non-hydrogen) atoms. The van der Waals surface area contributed by atoms with E-state index in [1.807, 2.05) is 0 Å². The Balaban J connectivity index is 1.74. The van der Waals surface area contributed by atoms with Crippen LogP contribution < -0.4 is 20.1 Å². The van der Waals surface area contributed by atoms with Gasteiger partial charge in [-0.1, -0.05) is 6.07 Å². The van der Waals surface area contributed by atoms with Crippen molar-refractivity contribution in [2.75, 3.05) is 24.9 Å². The molecule has 1 aliphatic carbocycles. The van der Waals surface area contributed by atoms with Crippen LogP contribution in [0.4, 0.5) is 15.8 Å².